The van der Waals surface area contributed by atoms with Crippen LogP contribution in [0, 0.1) is 0 Å². The average Bonchev–Trinajstić information content (AvgIpc) is 2.93. The Labute approximate surface area is 222 Å². The number of piperidine rings is 2. The Kier molecular flexibility index (Phi) is 9.30. The number of likely N-dealkylation sites (tertiary alicyclic amines) is 1. The van der Waals surface area contributed by atoms with Crippen molar-refractivity contribution < 1.29 is 19.5 Å². The number of hydrogen-bond acceptors (Lipinski definition) is 8. The smallest absolute Gasteiger partial charge is 0.404 e. The number of carboxylic acid groups (broad SMARTS) is 1. The van der Waals surface area contributed by atoms with Gasteiger partial charge < -0.3 is 36.6 Å². The maximum absolute atomic E-state index is 12.4. The van der Waals surface area contributed by atoms with Gasteiger partial charge in [0.15, 0.2) is 11.5 Å². The first-order valence-electron chi connectivity index (χ1n) is 13.1. The molecule has 2 aliphatic rings. The number of benzene rings is 1. The lowest BCUT2D eigenvalue weighted by atomic mass is 9.89. The maximum atomic E-state index is 12.4. The number of primary amides is 1. The number of anilines is 3. The molecule has 2 aliphatic heterocycles. The molecular weight excluding hydrogens is 488 g/mol. The Morgan fingerprint density at radius 1 is 1.00 bits per heavy atom. The lowest BCUT2D eigenvalue weighted by molar-refractivity contribution is -0.131. The van der Waals surface area contributed by atoms with Crippen molar-refractivity contribution in [3.8, 4) is 0 Å². The second-order valence-electron chi connectivity index (χ2n) is 9.65. The molecule has 0 saturated carbocycles. The largest absolute Gasteiger partial charge is 0.465 e. The number of carbonyl (C=O) groups is 3. The van der Waals surface area contributed by atoms with Crippen LogP contribution in [-0.2, 0) is 4.79 Å². The zero-order chi connectivity index (χ0) is 26.9. The molecule has 2 fully saturated rings. The first-order chi connectivity index (χ1) is 18.4. The standard InChI is InChI=1S/C26H36N8O4/c27-24(36)23-25(32-21(16-30-23)33-12-2-1-3-13-33)31-20-6-4-18(5-7-20)19-8-14-34(15-9-19)22(35)17-28-10-11-29-26(37)38/h4-7,16,19,28-29H,1-3,8-15,17H2,(H2,27,36)(H,31,32)(H,37,38). The third kappa shape index (κ3) is 7.31. The van der Waals surface area contributed by atoms with E-state index in [0.29, 0.717) is 31.4 Å². The Hall–Kier alpha value is -3.93. The number of rotatable bonds is 10. The topological polar surface area (TPSA) is 166 Å². The van der Waals surface area contributed by atoms with E-state index >= 15 is 0 Å². The molecule has 12 nitrogen and oxygen atoms in total. The normalized spacial score (nSPS) is 16.2. The van der Waals surface area contributed by atoms with Crippen LogP contribution in [0.15, 0.2) is 30.5 Å². The highest BCUT2D eigenvalue weighted by Gasteiger charge is 2.24. The number of nitrogens with one attached hydrogen (secondary N) is 3. The summed E-state index contributed by atoms with van der Waals surface area (Å²) in [5, 5.41) is 17.0. The van der Waals surface area contributed by atoms with Crippen molar-refractivity contribution in [1.29, 1.82) is 0 Å². The fourth-order valence-electron chi connectivity index (χ4n) is 4.93. The summed E-state index contributed by atoms with van der Waals surface area (Å²) in [7, 11) is 0. The first-order valence-corrected chi connectivity index (χ1v) is 13.1. The molecule has 1 aromatic heterocycles. The highest BCUT2D eigenvalue weighted by molar-refractivity contribution is 5.96. The summed E-state index contributed by atoms with van der Waals surface area (Å²) in [6, 6.07) is 8.05. The summed E-state index contributed by atoms with van der Waals surface area (Å²) in [5.74, 6) is 0.839. The predicted molar refractivity (Wildman–Crippen MR) is 144 cm³/mol. The fraction of sp³-hybridized carbons (Fsp3) is 0.500. The highest BCUT2D eigenvalue weighted by atomic mass is 16.4. The van der Waals surface area contributed by atoms with Crippen LogP contribution in [0.2, 0.25) is 0 Å². The summed E-state index contributed by atoms with van der Waals surface area (Å²) in [5.41, 5.74) is 7.65. The van der Waals surface area contributed by atoms with Gasteiger partial charge in [-0.05, 0) is 55.7 Å². The van der Waals surface area contributed by atoms with Gasteiger partial charge in [-0.3, -0.25) is 9.59 Å². The Bertz CT molecular complexity index is 1110. The molecule has 1 aromatic carbocycles. The monoisotopic (exact) mass is 524 g/mol. The molecule has 0 bridgehead atoms. The molecule has 38 heavy (non-hydrogen) atoms. The zero-order valence-corrected chi connectivity index (χ0v) is 21.5. The van der Waals surface area contributed by atoms with Crippen molar-refractivity contribution >= 4 is 35.2 Å². The van der Waals surface area contributed by atoms with E-state index < -0.39 is 12.0 Å². The minimum atomic E-state index is -1.07. The average molecular weight is 525 g/mol. The van der Waals surface area contributed by atoms with Gasteiger partial charge in [0.05, 0.1) is 12.7 Å². The number of aromatic nitrogens is 2. The van der Waals surface area contributed by atoms with Gasteiger partial charge in [-0.15, -0.1) is 0 Å². The predicted octanol–water partition coefficient (Wildman–Crippen LogP) is 1.87. The Balaban J connectivity index is 1.30. The van der Waals surface area contributed by atoms with E-state index in [1.165, 1.54) is 12.0 Å². The van der Waals surface area contributed by atoms with Crippen LogP contribution in [-0.4, -0.2) is 83.7 Å². The third-order valence-electron chi connectivity index (χ3n) is 7.02. The van der Waals surface area contributed by atoms with Crippen LogP contribution in [0.4, 0.5) is 22.1 Å². The second kappa shape index (κ2) is 13.0. The molecular formula is C26H36N8O4. The third-order valence-corrected chi connectivity index (χ3v) is 7.02. The van der Waals surface area contributed by atoms with E-state index in [1.807, 2.05) is 17.0 Å². The number of carbonyl (C=O) groups excluding carboxylic acids is 2. The minimum absolute atomic E-state index is 0.0245. The number of amides is 3. The van der Waals surface area contributed by atoms with Crippen LogP contribution in [0.25, 0.3) is 0 Å². The van der Waals surface area contributed by atoms with Crippen molar-refractivity contribution in [2.24, 2.45) is 5.73 Å². The molecule has 3 heterocycles. The lowest BCUT2D eigenvalue weighted by Gasteiger charge is -2.32. The number of nitrogens with zero attached hydrogens (tertiary/aromatic N) is 4. The van der Waals surface area contributed by atoms with Gasteiger partial charge in [-0.2, -0.15) is 0 Å². The molecule has 12 heteroatoms. The van der Waals surface area contributed by atoms with Crippen LogP contribution < -0.4 is 26.6 Å². The van der Waals surface area contributed by atoms with Crippen molar-refractivity contribution in [3.05, 3.63) is 41.7 Å². The molecule has 204 valence electrons. The fourth-order valence-corrected chi connectivity index (χ4v) is 4.93. The number of hydrogen-bond donors (Lipinski definition) is 5. The molecule has 3 amide bonds. The zero-order valence-electron chi connectivity index (χ0n) is 21.5. The molecule has 4 rings (SSSR count). The van der Waals surface area contributed by atoms with E-state index in [0.717, 1.165) is 50.3 Å². The lowest BCUT2D eigenvalue weighted by Crippen LogP contribution is -2.43. The highest BCUT2D eigenvalue weighted by Crippen LogP contribution is 2.30. The van der Waals surface area contributed by atoms with Crippen molar-refractivity contribution in [3.63, 3.8) is 0 Å². The maximum Gasteiger partial charge on any atom is 0.404 e. The van der Waals surface area contributed by atoms with Crippen LogP contribution in [0.5, 0.6) is 0 Å². The quantitative estimate of drug-likeness (QED) is 0.292. The molecule has 0 radical (unpaired) electrons. The van der Waals surface area contributed by atoms with Gasteiger partial charge >= 0.3 is 6.09 Å². The van der Waals surface area contributed by atoms with Gasteiger partial charge in [-0.1, -0.05) is 12.1 Å². The van der Waals surface area contributed by atoms with E-state index in [2.05, 4.69) is 43.0 Å². The van der Waals surface area contributed by atoms with Crippen LogP contribution in [0.3, 0.4) is 0 Å². The van der Waals surface area contributed by atoms with Crippen LogP contribution >= 0.6 is 0 Å². The van der Waals surface area contributed by atoms with Crippen LogP contribution in [0.1, 0.15) is 54.1 Å². The van der Waals surface area contributed by atoms with Crippen molar-refractivity contribution in [2.75, 3.05) is 56.0 Å². The van der Waals surface area contributed by atoms with Gasteiger partial charge in [0.25, 0.3) is 5.91 Å². The molecule has 0 atom stereocenters. The summed E-state index contributed by atoms with van der Waals surface area (Å²) in [4.78, 5) is 47.8. The Morgan fingerprint density at radius 3 is 2.37 bits per heavy atom. The Morgan fingerprint density at radius 2 is 1.71 bits per heavy atom. The summed E-state index contributed by atoms with van der Waals surface area (Å²) < 4.78 is 0. The SMILES string of the molecule is NC(=O)c1ncc(N2CCCCC2)nc1Nc1ccc(C2CCN(C(=O)CNCCNC(=O)O)CC2)cc1. The van der Waals surface area contributed by atoms with E-state index in [9.17, 15) is 14.4 Å². The van der Waals surface area contributed by atoms with Crippen molar-refractivity contribution in [1.82, 2.24) is 25.5 Å². The first kappa shape index (κ1) is 27.1. The molecule has 6 N–H and O–H groups in total. The molecule has 0 spiro atoms. The molecule has 0 unspecified atom stereocenters. The summed E-state index contributed by atoms with van der Waals surface area (Å²) in [6.45, 7) is 4.06. The molecule has 2 saturated heterocycles. The van der Waals surface area contributed by atoms with Gasteiger partial charge in [-0.25, -0.2) is 14.8 Å². The van der Waals surface area contributed by atoms with Gasteiger partial charge in [0.1, 0.15) is 5.82 Å². The summed E-state index contributed by atoms with van der Waals surface area (Å²) >= 11 is 0. The molecule has 0 aliphatic carbocycles. The second-order valence-corrected chi connectivity index (χ2v) is 9.65. The van der Waals surface area contributed by atoms with E-state index in [1.54, 1.807) is 6.20 Å². The van der Waals surface area contributed by atoms with Gasteiger partial charge in [0.2, 0.25) is 5.91 Å². The minimum Gasteiger partial charge on any atom is -0.465 e. The number of nitrogens with two attached hydrogens (primary N) is 1. The van der Waals surface area contributed by atoms with E-state index in [-0.39, 0.29) is 24.7 Å². The van der Waals surface area contributed by atoms with E-state index in [4.69, 9.17) is 10.8 Å². The van der Waals surface area contributed by atoms with Gasteiger partial charge in [0, 0.05) is 45.0 Å². The van der Waals surface area contributed by atoms with Crippen molar-refractivity contribution in [2.45, 2.75) is 38.0 Å². The molecule has 2 aromatic rings. The summed E-state index contributed by atoms with van der Waals surface area (Å²) in [6.07, 6.45) is 5.71.